The molecule has 1 aromatic carbocycles. The summed E-state index contributed by atoms with van der Waals surface area (Å²) in [6, 6.07) is 5.93. The van der Waals surface area contributed by atoms with Crippen molar-refractivity contribution in [3.63, 3.8) is 0 Å². The van der Waals surface area contributed by atoms with Crippen molar-refractivity contribution in [3.05, 3.63) is 18.2 Å². The van der Waals surface area contributed by atoms with Gasteiger partial charge in [-0.15, -0.1) is 24.0 Å². The Morgan fingerprint density at radius 3 is 2.16 bits per heavy atom. The predicted octanol–water partition coefficient (Wildman–Crippen LogP) is 2.70. The molecule has 3 rings (SSSR count). The number of halogens is 4. The van der Waals surface area contributed by atoms with Gasteiger partial charge in [0.05, 0.1) is 20.8 Å². The lowest BCUT2D eigenvalue weighted by Crippen LogP contribution is -2.49. The van der Waals surface area contributed by atoms with E-state index in [0.717, 1.165) is 36.7 Å². The van der Waals surface area contributed by atoms with Crippen molar-refractivity contribution in [2.24, 2.45) is 4.99 Å². The van der Waals surface area contributed by atoms with Crippen LogP contribution in [0.2, 0.25) is 0 Å². The molecule has 1 aromatic rings. The lowest BCUT2D eigenvalue weighted by Gasteiger charge is -2.23. The number of rotatable bonds is 6. The summed E-state index contributed by atoms with van der Waals surface area (Å²) in [7, 11) is 4.93. The van der Waals surface area contributed by atoms with Crippen LogP contribution in [0.4, 0.5) is 18.9 Å². The van der Waals surface area contributed by atoms with E-state index in [1.54, 1.807) is 21.3 Å². The number of aliphatic imine (C=N–C) groups is 1. The molecule has 0 aliphatic carbocycles. The zero-order valence-corrected chi connectivity index (χ0v) is 20.4. The van der Waals surface area contributed by atoms with Gasteiger partial charge in [0, 0.05) is 69.2 Å². The molecule has 176 valence electrons. The second-order valence-corrected chi connectivity index (χ2v) is 7.70. The number of hydrogen-bond acceptors (Lipinski definition) is 5. The van der Waals surface area contributed by atoms with Gasteiger partial charge >= 0.3 is 6.18 Å². The van der Waals surface area contributed by atoms with Crippen LogP contribution in [0, 0.1) is 0 Å². The fraction of sp³-hybridized carbons (Fsp3) is 0.650. The minimum absolute atomic E-state index is 0. The number of benzene rings is 1. The van der Waals surface area contributed by atoms with Crippen LogP contribution in [-0.4, -0.2) is 83.1 Å². The van der Waals surface area contributed by atoms with Gasteiger partial charge in [-0.05, 0) is 12.8 Å². The smallest absolute Gasteiger partial charge is 0.401 e. The van der Waals surface area contributed by atoms with Crippen molar-refractivity contribution < 1.29 is 22.6 Å². The number of hydrogen-bond donors (Lipinski definition) is 2. The fourth-order valence-electron chi connectivity index (χ4n) is 3.99. The van der Waals surface area contributed by atoms with Crippen molar-refractivity contribution in [2.45, 2.75) is 31.1 Å². The molecule has 2 aliphatic rings. The lowest BCUT2D eigenvalue weighted by atomic mass is 10.2. The Bertz CT molecular complexity index is 728. The maximum absolute atomic E-state index is 12.6. The third kappa shape index (κ3) is 7.48. The Hall–Kier alpha value is -1.63. The molecular weight excluding hydrogens is 526 g/mol. The number of alkyl halides is 3. The second kappa shape index (κ2) is 11.3. The van der Waals surface area contributed by atoms with Gasteiger partial charge in [0.15, 0.2) is 5.96 Å². The second-order valence-electron chi connectivity index (χ2n) is 7.70. The first-order valence-corrected chi connectivity index (χ1v) is 10.1. The number of guanidine groups is 1. The van der Waals surface area contributed by atoms with Crippen molar-refractivity contribution >= 4 is 35.6 Å². The van der Waals surface area contributed by atoms with E-state index in [9.17, 15) is 13.2 Å². The predicted molar refractivity (Wildman–Crippen MR) is 126 cm³/mol. The summed E-state index contributed by atoms with van der Waals surface area (Å²) in [5.74, 6) is 2.11. The normalized spacial score (nSPS) is 22.3. The van der Waals surface area contributed by atoms with Crippen molar-refractivity contribution in [3.8, 4) is 11.5 Å². The van der Waals surface area contributed by atoms with Crippen LogP contribution >= 0.6 is 24.0 Å². The first kappa shape index (κ1) is 25.6. The van der Waals surface area contributed by atoms with Crippen molar-refractivity contribution in [2.75, 3.05) is 58.9 Å². The number of likely N-dealkylation sites (tertiary alicyclic amines) is 1. The molecule has 2 saturated heterocycles. The van der Waals surface area contributed by atoms with Crippen LogP contribution in [0.25, 0.3) is 0 Å². The summed E-state index contributed by atoms with van der Waals surface area (Å²) in [6.45, 7) is 1.58. The average molecular weight is 557 g/mol. The van der Waals surface area contributed by atoms with Gasteiger partial charge in [0.1, 0.15) is 11.5 Å². The molecule has 0 saturated carbocycles. The van der Waals surface area contributed by atoms with E-state index in [1.807, 2.05) is 18.2 Å². The molecule has 0 radical (unpaired) electrons. The van der Waals surface area contributed by atoms with Gasteiger partial charge in [-0.1, -0.05) is 0 Å². The molecule has 0 amide bonds. The van der Waals surface area contributed by atoms with Crippen molar-refractivity contribution in [1.82, 2.24) is 15.5 Å². The van der Waals surface area contributed by atoms with E-state index >= 15 is 0 Å². The highest BCUT2D eigenvalue weighted by atomic mass is 127. The largest absolute Gasteiger partial charge is 0.497 e. The molecule has 2 unspecified atom stereocenters. The Morgan fingerprint density at radius 1 is 1.03 bits per heavy atom. The van der Waals surface area contributed by atoms with Gasteiger partial charge in [0.25, 0.3) is 0 Å². The molecule has 2 heterocycles. The van der Waals surface area contributed by atoms with Crippen LogP contribution in [0.3, 0.4) is 0 Å². The van der Waals surface area contributed by atoms with E-state index in [1.165, 1.54) is 4.90 Å². The maximum atomic E-state index is 12.6. The van der Waals surface area contributed by atoms with Crippen LogP contribution in [0.15, 0.2) is 23.2 Å². The van der Waals surface area contributed by atoms with Crippen LogP contribution in [0.5, 0.6) is 11.5 Å². The lowest BCUT2D eigenvalue weighted by molar-refractivity contribution is -0.143. The summed E-state index contributed by atoms with van der Waals surface area (Å²) in [6.07, 6.45) is -2.58. The summed E-state index contributed by atoms with van der Waals surface area (Å²) >= 11 is 0. The summed E-state index contributed by atoms with van der Waals surface area (Å²) in [5.41, 5.74) is 1.03. The van der Waals surface area contributed by atoms with Crippen molar-refractivity contribution in [1.29, 1.82) is 0 Å². The molecule has 2 aliphatic heterocycles. The van der Waals surface area contributed by atoms with Gasteiger partial charge < -0.3 is 25.0 Å². The molecule has 0 spiro atoms. The Balaban J connectivity index is 0.00000341. The molecule has 31 heavy (non-hydrogen) atoms. The topological polar surface area (TPSA) is 61.4 Å². The third-order valence-corrected chi connectivity index (χ3v) is 5.47. The number of anilines is 1. The Morgan fingerprint density at radius 2 is 1.61 bits per heavy atom. The SMILES string of the molecule is CN=C(NC1CCN(CC(F)(F)F)C1)NC1CCN(c2cc(OC)cc(OC)c2)C1.I. The van der Waals surface area contributed by atoms with E-state index < -0.39 is 12.7 Å². The van der Waals surface area contributed by atoms with E-state index in [0.29, 0.717) is 25.5 Å². The van der Waals surface area contributed by atoms with Gasteiger partial charge in [-0.3, -0.25) is 9.89 Å². The highest BCUT2D eigenvalue weighted by Crippen LogP contribution is 2.30. The molecular formula is C20H31F3IN5O2. The molecule has 2 atom stereocenters. The van der Waals surface area contributed by atoms with Gasteiger partial charge in [-0.25, -0.2) is 0 Å². The molecule has 0 aromatic heterocycles. The van der Waals surface area contributed by atoms with Gasteiger partial charge in [0.2, 0.25) is 0 Å². The van der Waals surface area contributed by atoms with Crippen LogP contribution in [-0.2, 0) is 0 Å². The first-order valence-electron chi connectivity index (χ1n) is 10.1. The minimum Gasteiger partial charge on any atom is -0.497 e. The highest BCUT2D eigenvalue weighted by molar-refractivity contribution is 14.0. The number of nitrogens with zero attached hydrogens (tertiary/aromatic N) is 3. The number of nitrogens with one attached hydrogen (secondary N) is 2. The Kier molecular flexibility index (Phi) is 9.34. The maximum Gasteiger partial charge on any atom is 0.401 e. The molecule has 11 heteroatoms. The third-order valence-electron chi connectivity index (χ3n) is 5.47. The quantitative estimate of drug-likeness (QED) is 0.319. The summed E-state index contributed by atoms with van der Waals surface area (Å²) < 4.78 is 48.5. The van der Waals surface area contributed by atoms with Gasteiger partial charge in [-0.2, -0.15) is 13.2 Å². The number of methoxy groups -OCH3 is 2. The number of ether oxygens (including phenoxy) is 2. The molecule has 7 nitrogen and oxygen atoms in total. The van der Waals surface area contributed by atoms with E-state index in [2.05, 4.69) is 20.5 Å². The van der Waals surface area contributed by atoms with E-state index in [-0.39, 0.29) is 36.1 Å². The zero-order chi connectivity index (χ0) is 21.7. The average Bonchev–Trinajstić information content (AvgIpc) is 3.35. The fourth-order valence-corrected chi connectivity index (χ4v) is 3.99. The first-order chi connectivity index (χ1) is 14.3. The molecule has 0 bridgehead atoms. The molecule has 2 fully saturated rings. The zero-order valence-electron chi connectivity index (χ0n) is 18.0. The highest BCUT2D eigenvalue weighted by Gasteiger charge is 2.34. The Labute approximate surface area is 198 Å². The minimum atomic E-state index is -4.16. The monoisotopic (exact) mass is 557 g/mol. The standard InChI is InChI=1S/C20H30F3N5O2.HI/c1-24-19(25-14-4-6-27(11-14)13-20(21,22)23)26-15-5-7-28(12-15)16-8-17(29-2)10-18(9-16)30-3;/h8-10,14-15H,4-7,11-13H2,1-3H3,(H2,24,25,26);1H. The summed E-state index contributed by atoms with van der Waals surface area (Å²) in [4.78, 5) is 7.94. The molecule has 2 N–H and O–H groups in total. The summed E-state index contributed by atoms with van der Waals surface area (Å²) in [5, 5.41) is 6.68. The van der Waals surface area contributed by atoms with Crippen LogP contribution in [0.1, 0.15) is 12.8 Å². The van der Waals surface area contributed by atoms with E-state index in [4.69, 9.17) is 9.47 Å². The van der Waals surface area contributed by atoms with Crippen LogP contribution < -0.4 is 25.0 Å².